The smallest absolute Gasteiger partial charge is 0.498 e. The number of phenolic OH excluding ortho intramolecular Hbond substituents is 1. The van der Waals surface area contributed by atoms with Gasteiger partial charge in [-0.25, -0.2) is 0 Å². The Morgan fingerprint density at radius 3 is 2.11 bits per heavy atom. The first-order valence-electron chi connectivity index (χ1n) is 6.44. The molecule has 3 nitrogen and oxygen atoms in total. The first-order chi connectivity index (χ1) is 8.27. The number of rotatable bonds is 2. The molecule has 0 radical (unpaired) electrons. The first-order valence-corrected chi connectivity index (χ1v) is 6.44. The van der Waals surface area contributed by atoms with Crippen molar-refractivity contribution >= 4 is 12.6 Å². The predicted octanol–water partition coefficient (Wildman–Crippen LogP) is 2.25. The molecule has 0 atom stereocenters. The Labute approximate surface area is 109 Å². The summed E-state index contributed by atoms with van der Waals surface area (Å²) in [6.45, 7) is 10.1. The summed E-state index contributed by atoms with van der Waals surface area (Å²) in [6, 6.07) is 5.66. The molecule has 0 amide bonds. The van der Waals surface area contributed by atoms with Crippen LogP contribution in [0, 0.1) is 0 Å². The molecule has 0 aromatic heterocycles. The van der Waals surface area contributed by atoms with Gasteiger partial charge in [0.2, 0.25) is 0 Å². The summed E-state index contributed by atoms with van der Waals surface area (Å²) in [5, 5.41) is 10.1. The van der Waals surface area contributed by atoms with E-state index in [-0.39, 0.29) is 17.0 Å². The molecule has 98 valence electrons. The predicted molar refractivity (Wildman–Crippen MR) is 73.2 cm³/mol. The molecule has 0 spiro atoms. The molecule has 1 heterocycles. The number of hydrogen-bond donors (Lipinski definition) is 1. The van der Waals surface area contributed by atoms with E-state index in [1.165, 1.54) is 0 Å². The summed E-state index contributed by atoms with van der Waals surface area (Å²) in [5.74, 6) is 0.243. The van der Waals surface area contributed by atoms with E-state index in [0.29, 0.717) is 5.46 Å². The molecule has 18 heavy (non-hydrogen) atoms. The maximum atomic E-state index is 10.1. The van der Waals surface area contributed by atoms with Crippen molar-refractivity contribution < 1.29 is 14.4 Å². The van der Waals surface area contributed by atoms with E-state index in [1.54, 1.807) is 6.07 Å². The van der Waals surface area contributed by atoms with Crippen molar-refractivity contribution in [2.75, 3.05) is 0 Å². The fourth-order valence-electron chi connectivity index (χ4n) is 1.98. The van der Waals surface area contributed by atoms with Crippen molar-refractivity contribution in [1.29, 1.82) is 0 Å². The van der Waals surface area contributed by atoms with Crippen molar-refractivity contribution in [3.05, 3.63) is 23.8 Å². The highest BCUT2D eigenvalue weighted by molar-refractivity contribution is 6.63. The number of aryl methyl sites for hydroxylation is 1. The Morgan fingerprint density at radius 1 is 1.11 bits per heavy atom. The molecule has 0 unspecified atom stereocenters. The van der Waals surface area contributed by atoms with Gasteiger partial charge in [0.05, 0.1) is 11.2 Å². The van der Waals surface area contributed by atoms with Gasteiger partial charge < -0.3 is 14.4 Å². The molecule has 1 aromatic rings. The van der Waals surface area contributed by atoms with E-state index in [1.807, 2.05) is 39.8 Å². The quantitative estimate of drug-likeness (QED) is 0.816. The van der Waals surface area contributed by atoms with E-state index in [4.69, 9.17) is 9.31 Å². The summed E-state index contributed by atoms with van der Waals surface area (Å²) in [4.78, 5) is 0. The molecule has 0 aliphatic carbocycles. The first kappa shape index (κ1) is 13.4. The van der Waals surface area contributed by atoms with Gasteiger partial charge in [0.15, 0.2) is 0 Å². The van der Waals surface area contributed by atoms with Crippen molar-refractivity contribution in [3.8, 4) is 5.75 Å². The van der Waals surface area contributed by atoms with E-state index >= 15 is 0 Å². The average molecular weight is 248 g/mol. The summed E-state index contributed by atoms with van der Waals surface area (Å²) in [6.07, 6.45) is 0.900. The Bertz CT molecular complexity index is 438. The van der Waals surface area contributed by atoms with E-state index < -0.39 is 7.12 Å². The summed E-state index contributed by atoms with van der Waals surface area (Å²) < 4.78 is 11.8. The zero-order valence-corrected chi connectivity index (χ0v) is 11.8. The molecular formula is C14H21BO3. The van der Waals surface area contributed by atoms with Crippen LogP contribution in [0.4, 0.5) is 0 Å². The summed E-state index contributed by atoms with van der Waals surface area (Å²) >= 11 is 0. The van der Waals surface area contributed by atoms with Crippen molar-refractivity contribution in [2.45, 2.75) is 52.2 Å². The number of phenols is 1. The van der Waals surface area contributed by atoms with Gasteiger partial charge in [-0.3, -0.25) is 0 Å². The van der Waals surface area contributed by atoms with Gasteiger partial charge in [0.25, 0.3) is 0 Å². The minimum atomic E-state index is -0.499. The minimum absolute atomic E-state index is 0.243. The maximum absolute atomic E-state index is 10.1. The number of aromatic hydroxyl groups is 1. The zero-order chi connectivity index (χ0) is 13.6. The third-order valence-electron chi connectivity index (χ3n) is 4.01. The fourth-order valence-corrected chi connectivity index (χ4v) is 1.98. The molecule has 1 aliphatic heterocycles. The Hall–Kier alpha value is -0.995. The molecule has 0 bridgehead atoms. The third-order valence-corrected chi connectivity index (χ3v) is 4.01. The van der Waals surface area contributed by atoms with Crippen molar-refractivity contribution in [3.63, 3.8) is 0 Å². The van der Waals surface area contributed by atoms with Crippen LogP contribution in [0.15, 0.2) is 18.2 Å². The number of hydrogen-bond acceptors (Lipinski definition) is 3. The third kappa shape index (κ3) is 2.15. The standard InChI is InChI=1S/C14H21BO3/c1-6-10-7-8-11(12(16)9-10)15-17-13(2,3)14(4,5)18-15/h7-9,16H,6H2,1-5H3. The van der Waals surface area contributed by atoms with Gasteiger partial charge in [0, 0.05) is 5.46 Å². The second kappa shape index (κ2) is 4.28. The van der Waals surface area contributed by atoms with Crippen LogP contribution in [0.1, 0.15) is 40.2 Å². The van der Waals surface area contributed by atoms with Crippen LogP contribution < -0.4 is 5.46 Å². The van der Waals surface area contributed by atoms with Gasteiger partial charge in [-0.05, 0) is 45.7 Å². The molecule has 2 rings (SSSR count). The second-order valence-corrected chi connectivity index (χ2v) is 5.83. The Balaban J connectivity index is 2.30. The minimum Gasteiger partial charge on any atom is -0.508 e. The van der Waals surface area contributed by atoms with E-state index in [0.717, 1.165) is 12.0 Å². The molecule has 1 saturated heterocycles. The molecular weight excluding hydrogens is 227 g/mol. The Morgan fingerprint density at radius 2 is 1.67 bits per heavy atom. The Kier molecular flexibility index (Phi) is 3.20. The van der Waals surface area contributed by atoms with Crippen LogP contribution in [0.5, 0.6) is 5.75 Å². The van der Waals surface area contributed by atoms with Crippen LogP contribution in [0.3, 0.4) is 0 Å². The highest BCUT2D eigenvalue weighted by atomic mass is 16.7. The topological polar surface area (TPSA) is 38.7 Å². The normalized spacial score (nSPS) is 21.3. The van der Waals surface area contributed by atoms with Crippen molar-refractivity contribution in [2.24, 2.45) is 0 Å². The SMILES string of the molecule is CCc1ccc(B2OC(C)(C)C(C)(C)O2)c(O)c1. The molecule has 4 heteroatoms. The van der Waals surface area contributed by atoms with E-state index in [9.17, 15) is 5.11 Å². The molecule has 1 fully saturated rings. The maximum Gasteiger partial charge on any atom is 0.498 e. The monoisotopic (exact) mass is 248 g/mol. The summed E-state index contributed by atoms with van der Waals surface area (Å²) in [5.41, 5.74) is 1.04. The van der Waals surface area contributed by atoms with Gasteiger partial charge in [-0.15, -0.1) is 0 Å². The summed E-state index contributed by atoms with van der Waals surface area (Å²) in [7, 11) is -0.499. The molecule has 1 N–H and O–H groups in total. The van der Waals surface area contributed by atoms with Gasteiger partial charge in [0.1, 0.15) is 5.75 Å². The highest BCUT2D eigenvalue weighted by Crippen LogP contribution is 2.37. The van der Waals surface area contributed by atoms with Gasteiger partial charge >= 0.3 is 7.12 Å². The van der Waals surface area contributed by atoms with Crippen molar-refractivity contribution in [1.82, 2.24) is 0 Å². The molecule has 0 saturated carbocycles. The van der Waals surface area contributed by atoms with Crippen LogP contribution in [-0.2, 0) is 15.7 Å². The second-order valence-electron chi connectivity index (χ2n) is 5.83. The lowest BCUT2D eigenvalue weighted by Gasteiger charge is -2.32. The largest absolute Gasteiger partial charge is 0.508 e. The van der Waals surface area contributed by atoms with Crippen LogP contribution in [0.2, 0.25) is 0 Å². The van der Waals surface area contributed by atoms with Crippen LogP contribution >= 0.6 is 0 Å². The molecule has 1 aromatic carbocycles. The van der Waals surface area contributed by atoms with Crippen LogP contribution in [-0.4, -0.2) is 23.4 Å². The van der Waals surface area contributed by atoms with E-state index in [2.05, 4.69) is 6.92 Å². The lowest BCUT2D eigenvalue weighted by Crippen LogP contribution is -2.41. The lowest BCUT2D eigenvalue weighted by molar-refractivity contribution is 0.00578. The fraction of sp³-hybridized carbons (Fsp3) is 0.571. The number of benzene rings is 1. The zero-order valence-electron chi connectivity index (χ0n) is 11.8. The van der Waals surface area contributed by atoms with Gasteiger partial charge in [-0.1, -0.05) is 19.1 Å². The molecule has 1 aliphatic rings. The van der Waals surface area contributed by atoms with Crippen LogP contribution in [0.25, 0.3) is 0 Å². The van der Waals surface area contributed by atoms with Gasteiger partial charge in [-0.2, -0.15) is 0 Å². The average Bonchev–Trinajstić information content (AvgIpc) is 2.47. The lowest BCUT2D eigenvalue weighted by atomic mass is 9.78. The highest BCUT2D eigenvalue weighted by Gasteiger charge is 2.52.